The molecule has 8 heteroatoms. The minimum atomic E-state index is -0.149. The smallest absolute Gasteiger partial charge is 0.257 e. The molecule has 0 spiro atoms. The molecule has 1 aliphatic rings. The zero-order valence-electron chi connectivity index (χ0n) is 18.2. The summed E-state index contributed by atoms with van der Waals surface area (Å²) in [5.41, 5.74) is 1.06. The fraction of sp³-hybridized carbons (Fsp3) is 0.619. The van der Waals surface area contributed by atoms with Gasteiger partial charge in [-0.05, 0) is 42.9 Å². The van der Waals surface area contributed by atoms with Crippen LogP contribution in [0, 0.1) is 11.8 Å². The predicted molar refractivity (Wildman–Crippen MR) is 127 cm³/mol. The number of carbonyl (C=O) groups excluding carboxylic acids is 1. The van der Waals surface area contributed by atoms with Crippen LogP contribution >= 0.6 is 24.0 Å². The van der Waals surface area contributed by atoms with Crippen molar-refractivity contribution < 1.29 is 14.3 Å². The van der Waals surface area contributed by atoms with Gasteiger partial charge in [0.1, 0.15) is 0 Å². The number of aliphatic imine (C=N–C) groups is 1. The fourth-order valence-corrected chi connectivity index (χ4v) is 3.68. The molecule has 1 saturated heterocycles. The third-order valence-corrected chi connectivity index (χ3v) is 4.79. The molecule has 0 saturated carbocycles. The quantitative estimate of drug-likeness (QED) is 0.330. The lowest BCUT2D eigenvalue weighted by Crippen LogP contribution is -2.48. The van der Waals surface area contributed by atoms with Crippen LogP contribution < -0.4 is 20.1 Å². The number of guanidine groups is 1. The summed E-state index contributed by atoms with van der Waals surface area (Å²) in [6.45, 7) is 9.71. The molecular weight excluding hydrogens is 483 g/mol. The molecule has 1 aliphatic heterocycles. The van der Waals surface area contributed by atoms with Crippen LogP contribution in [0.25, 0.3) is 0 Å². The van der Waals surface area contributed by atoms with Crippen molar-refractivity contribution in [2.45, 2.75) is 33.7 Å². The molecule has 0 bridgehead atoms. The number of piperidine rings is 1. The molecule has 1 fully saturated rings. The molecule has 164 valence electrons. The van der Waals surface area contributed by atoms with Crippen molar-refractivity contribution >= 4 is 35.8 Å². The highest BCUT2D eigenvalue weighted by molar-refractivity contribution is 14.0. The Balaban J connectivity index is 0.00000420. The van der Waals surface area contributed by atoms with Gasteiger partial charge in [0.2, 0.25) is 0 Å². The summed E-state index contributed by atoms with van der Waals surface area (Å²) in [6.07, 6.45) is 1.27. The number of ether oxygens (including phenoxy) is 2. The van der Waals surface area contributed by atoms with Crippen molar-refractivity contribution in [2.75, 3.05) is 40.4 Å². The molecule has 1 amide bonds. The Kier molecular flexibility index (Phi) is 11.2. The zero-order valence-corrected chi connectivity index (χ0v) is 20.5. The van der Waals surface area contributed by atoms with Gasteiger partial charge in [0, 0.05) is 33.2 Å². The number of rotatable bonds is 7. The molecule has 29 heavy (non-hydrogen) atoms. The average Bonchev–Trinajstić information content (AvgIpc) is 2.66. The first-order valence-electron chi connectivity index (χ1n) is 9.98. The molecule has 2 atom stereocenters. The van der Waals surface area contributed by atoms with Crippen molar-refractivity contribution in [1.82, 2.24) is 15.5 Å². The summed E-state index contributed by atoms with van der Waals surface area (Å²) >= 11 is 0. The largest absolute Gasteiger partial charge is 0.493 e. The van der Waals surface area contributed by atoms with Gasteiger partial charge in [0.25, 0.3) is 5.91 Å². The highest BCUT2D eigenvalue weighted by atomic mass is 127. The van der Waals surface area contributed by atoms with Crippen LogP contribution in [0.1, 0.15) is 32.8 Å². The molecule has 1 heterocycles. The van der Waals surface area contributed by atoms with Gasteiger partial charge < -0.3 is 25.0 Å². The van der Waals surface area contributed by atoms with E-state index in [9.17, 15) is 4.79 Å². The molecule has 2 rings (SSSR count). The third-order valence-electron chi connectivity index (χ3n) is 4.79. The molecule has 2 N–H and O–H groups in total. The van der Waals surface area contributed by atoms with E-state index in [-0.39, 0.29) is 36.5 Å². The van der Waals surface area contributed by atoms with E-state index in [1.165, 1.54) is 6.42 Å². The molecule has 0 radical (unpaired) electrons. The molecule has 0 aliphatic carbocycles. The van der Waals surface area contributed by atoms with E-state index in [2.05, 4.69) is 34.4 Å². The SMILES string of the molecule is CCNC(=O)COc1ccc(CNC(=NC)N2CC(C)CC(C)C2)cc1OC.I. The predicted octanol–water partition coefficient (Wildman–Crippen LogP) is 2.88. The zero-order chi connectivity index (χ0) is 20.5. The molecule has 2 unspecified atom stereocenters. The van der Waals surface area contributed by atoms with Gasteiger partial charge in [0.05, 0.1) is 7.11 Å². The van der Waals surface area contributed by atoms with Crippen LogP contribution in [0.15, 0.2) is 23.2 Å². The van der Waals surface area contributed by atoms with Gasteiger partial charge in [0.15, 0.2) is 24.1 Å². The topological polar surface area (TPSA) is 75.2 Å². The summed E-state index contributed by atoms with van der Waals surface area (Å²) in [6, 6.07) is 5.73. The standard InChI is InChI=1S/C21H34N4O3.HI/c1-6-23-20(26)14-28-18-8-7-17(10-19(18)27-5)11-24-21(22-4)25-12-15(2)9-16(3)13-25;/h7-8,10,15-16H,6,9,11-14H2,1-5H3,(H,22,24)(H,23,26);1H. The number of nitrogens with one attached hydrogen (secondary N) is 2. The van der Waals surface area contributed by atoms with Crippen LogP contribution in [0.4, 0.5) is 0 Å². The van der Waals surface area contributed by atoms with E-state index in [0.29, 0.717) is 36.4 Å². The number of likely N-dealkylation sites (tertiary alicyclic amines) is 1. The third kappa shape index (κ3) is 7.91. The highest BCUT2D eigenvalue weighted by Gasteiger charge is 2.24. The second-order valence-electron chi connectivity index (χ2n) is 7.48. The van der Waals surface area contributed by atoms with E-state index < -0.39 is 0 Å². The molecule has 1 aromatic rings. The van der Waals surface area contributed by atoms with Crippen LogP contribution in [-0.2, 0) is 11.3 Å². The number of amides is 1. The van der Waals surface area contributed by atoms with Gasteiger partial charge >= 0.3 is 0 Å². The van der Waals surface area contributed by atoms with E-state index in [1.807, 2.05) is 32.2 Å². The summed E-state index contributed by atoms with van der Waals surface area (Å²) in [5.74, 6) is 3.28. The Labute approximate surface area is 191 Å². The summed E-state index contributed by atoms with van der Waals surface area (Å²) in [7, 11) is 3.42. The second kappa shape index (κ2) is 12.8. The Morgan fingerprint density at radius 1 is 1.21 bits per heavy atom. The van der Waals surface area contributed by atoms with Crippen LogP contribution in [0.3, 0.4) is 0 Å². The number of halogens is 1. The van der Waals surface area contributed by atoms with Gasteiger partial charge in [-0.2, -0.15) is 0 Å². The molecule has 1 aromatic carbocycles. The molecule has 0 aromatic heterocycles. The number of likely N-dealkylation sites (N-methyl/N-ethyl adjacent to an activating group) is 1. The lowest BCUT2D eigenvalue weighted by Gasteiger charge is -2.37. The van der Waals surface area contributed by atoms with Gasteiger partial charge in [-0.1, -0.05) is 19.9 Å². The number of carbonyl (C=O) groups is 1. The monoisotopic (exact) mass is 518 g/mol. The summed E-state index contributed by atoms with van der Waals surface area (Å²) in [5, 5.41) is 6.16. The lowest BCUT2D eigenvalue weighted by molar-refractivity contribution is -0.123. The van der Waals surface area contributed by atoms with Crippen molar-refractivity contribution in [3.05, 3.63) is 23.8 Å². The van der Waals surface area contributed by atoms with Crippen molar-refractivity contribution in [3.63, 3.8) is 0 Å². The maximum Gasteiger partial charge on any atom is 0.257 e. The van der Waals surface area contributed by atoms with Crippen molar-refractivity contribution in [1.29, 1.82) is 0 Å². The van der Waals surface area contributed by atoms with E-state index in [1.54, 1.807) is 7.11 Å². The number of hydrogen-bond donors (Lipinski definition) is 2. The van der Waals surface area contributed by atoms with Crippen LogP contribution in [0.5, 0.6) is 11.5 Å². The summed E-state index contributed by atoms with van der Waals surface area (Å²) in [4.78, 5) is 18.4. The van der Waals surface area contributed by atoms with E-state index in [0.717, 1.165) is 24.6 Å². The highest BCUT2D eigenvalue weighted by Crippen LogP contribution is 2.28. The summed E-state index contributed by atoms with van der Waals surface area (Å²) < 4.78 is 11.0. The number of hydrogen-bond acceptors (Lipinski definition) is 4. The number of methoxy groups -OCH3 is 1. The first-order chi connectivity index (χ1) is 13.5. The van der Waals surface area contributed by atoms with E-state index in [4.69, 9.17) is 9.47 Å². The number of nitrogens with zero attached hydrogens (tertiary/aromatic N) is 2. The fourth-order valence-electron chi connectivity index (χ4n) is 3.68. The maximum absolute atomic E-state index is 11.6. The Hall–Kier alpha value is -1.71. The minimum absolute atomic E-state index is 0. The van der Waals surface area contributed by atoms with Crippen LogP contribution in [-0.4, -0.2) is 57.2 Å². The normalized spacial score (nSPS) is 19.2. The Morgan fingerprint density at radius 2 is 1.90 bits per heavy atom. The second-order valence-corrected chi connectivity index (χ2v) is 7.48. The number of benzene rings is 1. The van der Waals surface area contributed by atoms with Gasteiger partial charge in [-0.25, -0.2) is 0 Å². The minimum Gasteiger partial charge on any atom is -0.493 e. The van der Waals surface area contributed by atoms with Crippen molar-refractivity contribution in [2.24, 2.45) is 16.8 Å². The first kappa shape index (κ1) is 25.3. The van der Waals surface area contributed by atoms with Crippen molar-refractivity contribution in [3.8, 4) is 11.5 Å². The average molecular weight is 518 g/mol. The molecular formula is C21H35IN4O3. The molecule has 7 nitrogen and oxygen atoms in total. The van der Waals surface area contributed by atoms with Gasteiger partial charge in [-0.15, -0.1) is 24.0 Å². The Morgan fingerprint density at radius 3 is 2.48 bits per heavy atom. The maximum atomic E-state index is 11.6. The van der Waals surface area contributed by atoms with E-state index >= 15 is 0 Å². The Bertz CT molecular complexity index is 674. The van der Waals surface area contributed by atoms with Gasteiger partial charge in [-0.3, -0.25) is 9.79 Å². The van der Waals surface area contributed by atoms with Crippen LogP contribution in [0.2, 0.25) is 0 Å². The first-order valence-corrected chi connectivity index (χ1v) is 9.98. The lowest BCUT2D eigenvalue weighted by atomic mass is 9.92.